The lowest BCUT2D eigenvalue weighted by Crippen LogP contribution is -2.58. The number of amides is 2. The van der Waals surface area contributed by atoms with Crippen molar-refractivity contribution < 1.29 is 28.3 Å². The standard InChI is InChI=1S/C25H32N2O6S/c1-3-32-23(29)19-17-25(10-4-5-11-26(24(25)30)12-14-31-2)27(22(19)20-9-6-13-33-20)21(28)16-18-8-7-15-34-18/h6-9,13,15,19,22H,3-5,10-12,14,16-17H2,1-2H3/t19-,22+,25-/m0/s1. The van der Waals surface area contributed by atoms with E-state index < -0.39 is 23.5 Å². The minimum atomic E-state index is -1.13. The van der Waals surface area contributed by atoms with E-state index in [1.165, 1.54) is 17.6 Å². The van der Waals surface area contributed by atoms with Crippen LogP contribution in [0.3, 0.4) is 0 Å². The van der Waals surface area contributed by atoms with Gasteiger partial charge in [0.2, 0.25) is 11.8 Å². The molecule has 2 amide bonds. The van der Waals surface area contributed by atoms with E-state index in [1.54, 1.807) is 36.0 Å². The molecule has 34 heavy (non-hydrogen) atoms. The van der Waals surface area contributed by atoms with E-state index in [0.29, 0.717) is 31.9 Å². The number of carbonyl (C=O) groups is 3. The average Bonchev–Trinajstić information content (AvgIpc) is 3.56. The smallest absolute Gasteiger partial charge is 0.311 e. The van der Waals surface area contributed by atoms with Crippen molar-refractivity contribution in [2.45, 2.75) is 50.6 Å². The lowest BCUT2D eigenvalue weighted by atomic mass is 9.85. The quantitative estimate of drug-likeness (QED) is 0.529. The molecule has 2 fully saturated rings. The van der Waals surface area contributed by atoms with Crippen molar-refractivity contribution in [2.75, 3.05) is 33.4 Å². The molecular formula is C25H32N2O6S. The molecule has 8 nitrogen and oxygen atoms in total. The third-order valence-electron chi connectivity index (χ3n) is 6.80. The zero-order valence-corrected chi connectivity index (χ0v) is 20.6. The van der Waals surface area contributed by atoms with Crippen LogP contribution < -0.4 is 0 Å². The predicted octanol–water partition coefficient (Wildman–Crippen LogP) is 3.43. The molecule has 0 N–H and O–H groups in total. The minimum absolute atomic E-state index is 0.120. The number of rotatable bonds is 8. The Morgan fingerprint density at radius 3 is 2.79 bits per heavy atom. The molecule has 0 unspecified atom stereocenters. The Balaban J connectivity index is 1.80. The summed E-state index contributed by atoms with van der Waals surface area (Å²) in [5.41, 5.74) is -1.13. The molecular weight excluding hydrogens is 456 g/mol. The highest BCUT2D eigenvalue weighted by Crippen LogP contribution is 2.51. The van der Waals surface area contributed by atoms with Gasteiger partial charge in [-0.1, -0.05) is 6.07 Å². The van der Waals surface area contributed by atoms with Crippen molar-refractivity contribution in [3.8, 4) is 0 Å². The fourth-order valence-electron chi connectivity index (χ4n) is 5.36. The van der Waals surface area contributed by atoms with Gasteiger partial charge in [-0.15, -0.1) is 11.3 Å². The van der Waals surface area contributed by atoms with Crippen LogP contribution in [0.15, 0.2) is 40.3 Å². The van der Waals surface area contributed by atoms with Crippen molar-refractivity contribution in [1.82, 2.24) is 9.80 Å². The lowest BCUT2D eigenvalue weighted by molar-refractivity contribution is -0.154. The van der Waals surface area contributed by atoms with Crippen LogP contribution in [0.4, 0.5) is 0 Å². The van der Waals surface area contributed by atoms with Gasteiger partial charge in [0.05, 0.1) is 31.8 Å². The van der Waals surface area contributed by atoms with Gasteiger partial charge in [-0.25, -0.2) is 0 Å². The number of thiophene rings is 1. The molecule has 2 aromatic rings. The Morgan fingerprint density at radius 1 is 1.26 bits per heavy atom. The largest absolute Gasteiger partial charge is 0.467 e. The Bertz CT molecular complexity index is 976. The summed E-state index contributed by atoms with van der Waals surface area (Å²) in [7, 11) is 1.61. The molecule has 2 aliphatic heterocycles. The number of hydrogen-bond acceptors (Lipinski definition) is 7. The summed E-state index contributed by atoms with van der Waals surface area (Å²) in [6.07, 6.45) is 4.02. The summed E-state index contributed by atoms with van der Waals surface area (Å²) in [5.74, 6) is -0.905. The average molecular weight is 489 g/mol. The summed E-state index contributed by atoms with van der Waals surface area (Å²) in [4.78, 5) is 45.6. The van der Waals surface area contributed by atoms with Crippen LogP contribution in [0, 0.1) is 5.92 Å². The van der Waals surface area contributed by atoms with Gasteiger partial charge >= 0.3 is 5.97 Å². The summed E-state index contributed by atoms with van der Waals surface area (Å²) in [6.45, 7) is 3.44. The zero-order valence-electron chi connectivity index (χ0n) is 19.7. The predicted molar refractivity (Wildman–Crippen MR) is 126 cm³/mol. The first-order valence-electron chi connectivity index (χ1n) is 11.8. The fourth-order valence-corrected chi connectivity index (χ4v) is 6.05. The highest BCUT2D eigenvalue weighted by atomic mass is 32.1. The molecule has 4 heterocycles. The maximum Gasteiger partial charge on any atom is 0.311 e. The molecule has 0 saturated carbocycles. The number of hydrogen-bond donors (Lipinski definition) is 0. The molecule has 2 aromatic heterocycles. The highest BCUT2D eigenvalue weighted by Gasteiger charge is 2.62. The minimum Gasteiger partial charge on any atom is -0.467 e. The zero-order chi connectivity index (χ0) is 24.1. The number of nitrogens with zero attached hydrogens (tertiary/aromatic N) is 2. The Hall–Kier alpha value is -2.65. The maximum absolute atomic E-state index is 14.1. The van der Waals surface area contributed by atoms with Gasteiger partial charge in [0.25, 0.3) is 0 Å². The molecule has 4 rings (SSSR count). The van der Waals surface area contributed by atoms with E-state index in [0.717, 1.165) is 17.7 Å². The van der Waals surface area contributed by atoms with Gasteiger partial charge in [-0.3, -0.25) is 14.4 Å². The molecule has 0 bridgehead atoms. The first kappa shape index (κ1) is 24.5. The Morgan fingerprint density at radius 2 is 2.12 bits per heavy atom. The van der Waals surface area contributed by atoms with Gasteiger partial charge in [-0.05, 0) is 56.2 Å². The van der Waals surface area contributed by atoms with Crippen LogP contribution in [-0.4, -0.2) is 66.5 Å². The second-order valence-corrected chi connectivity index (χ2v) is 9.85. The van der Waals surface area contributed by atoms with E-state index in [2.05, 4.69) is 0 Å². The normalized spacial score (nSPS) is 25.1. The van der Waals surface area contributed by atoms with Crippen molar-refractivity contribution in [1.29, 1.82) is 0 Å². The van der Waals surface area contributed by atoms with Crippen molar-refractivity contribution in [3.05, 3.63) is 46.5 Å². The van der Waals surface area contributed by atoms with E-state index in [9.17, 15) is 14.4 Å². The molecule has 184 valence electrons. The monoisotopic (exact) mass is 488 g/mol. The summed E-state index contributed by atoms with van der Waals surface area (Å²) in [6, 6.07) is 6.63. The first-order valence-corrected chi connectivity index (χ1v) is 12.7. The van der Waals surface area contributed by atoms with Crippen LogP contribution in [-0.2, 0) is 30.3 Å². The van der Waals surface area contributed by atoms with Gasteiger partial charge in [0.1, 0.15) is 17.3 Å². The van der Waals surface area contributed by atoms with E-state index >= 15 is 0 Å². The third kappa shape index (κ3) is 4.63. The first-order chi connectivity index (χ1) is 16.5. The number of methoxy groups -OCH3 is 1. The van der Waals surface area contributed by atoms with Crippen LogP contribution in [0.5, 0.6) is 0 Å². The van der Waals surface area contributed by atoms with Crippen molar-refractivity contribution in [2.24, 2.45) is 5.92 Å². The third-order valence-corrected chi connectivity index (χ3v) is 7.67. The van der Waals surface area contributed by atoms with Crippen LogP contribution in [0.25, 0.3) is 0 Å². The highest BCUT2D eigenvalue weighted by molar-refractivity contribution is 7.10. The number of esters is 1. The number of carbonyl (C=O) groups excluding carboxylic acids is 3. The second-order valence-electron chi connectivity index (χ2n) is 8.82. The molecule has 3 atom stereocenters. The van der Waals surface area contributed by atoms with Gasteiger partial charge in [0, 0.05) is 25.1 Å². The number of ether oxygens (including phenoxy) is 2. The topological polar surface area (TPSA) is 89.3 Å². The Labute approximate surface area is 203 Å². The molecule has 0 radical (unpaired) electrons. The number of furan rings is 1. The van der Waals surface area contributed by atoms with Gasteiger partial charge in [-0.2, -0.15) is 0 Å². The molecule has 1 spiro atoms. The SMILES string of the molecule is CCOC(=O)[C@H]1C[C@]2(CCCCN(CCOC)C2=O)N(C(=O)Cc2cccs2)[C@H]1c1ccco1. The van der Waals surface area contributed by atoms with E-state index in [4.69, 9.17) is 13.9 Å². The Kier molecular flexibility index (Phi) is 7.73. The van der Waals surface area contributed by atoms with Crippen molar-refractivity contribution in [3.63, 3.8) is 0 Å². The lowest BCUT2D eigenvalue weighted by Gasteiger charge is -2.41. The molecule has 2 saturated heterocycles. The fraction of sp³-hybridized carbons (Fsp3) is 0.560. The van der Waals surface area contributed by atoms with Gasteiger partial charge in [0.15, 0.2) is 0 Å². The van der Waals surface area contributed by atoms with Crippen LogP contribution in [0.2, 0.25) is 0 Å². The second kappa shape index (κ2) is 10.7. The van der Waals surface area contributed by atoms with Crippen molar-refractivity contribution >= 4 is 29.1 Å². The maximum atomic E-state index is 14.1. The molecule has 0 aliphatic carbocycles. The molecule has 9 heteroatoms. The molecule has 2 aliphatic rings. The van der Waals surface area contributed by atoms with Crippen LogP contribution >= 0.6 is 11.3 Å². The van der Waals surface area contributed by atoms with E-state index in [-0.39, 0.29) is 31.3 Å². The summed E-state index contributed by atoms with van der Waals surface area (Å²) < 4.78 is 16.4. The number of likely N-dealkylation sites (tertiary alicyclic amines) is 2. The van der Waals surface area contributed by atoms with E-state index in [1.807, 2.05) is 17.5 Å². The summed E-state index contributed by atoms with van der Waals surface area (Å²) in [5, 5.41) is 1.93. The van der Waals surface area contributed by atoms with Gasteiger partial charge < -0.3 is 23.7 Å². The summed E-state index contributed by atoms with van der Waals surface area (Å²) >= 11 is 1.50. The molecule has 0 aromatic carbocycles. The van der Waals surface area contributed by atoms with Crippen LogP contribution in [0.1, 0.15) is 49.3 Å².